The minimum Gasteiger partial charge on any atom is -0.510 e. The van der Waals surface area contributed by atoms with Gasteiger partial charge in [-0.2, -0.15) is 5.26 Å². The third-order valence-corrected chi connectivity index (χ3v) is 6.66. The highest BCUT2D eigenvalue weighted by Gasteiger charge is 2.17. The van der Waals surface area contributed by atoms with Crippen LogP contribution < -0.4 is 5.56 Å². The van der Waals surface area contributed by atoms with E-state index in [4.69, 9.17) is 4.98 Å². The largest absolute Gasteiger partial charge is 0.510 e. The molecule has 2 aromatic heterocycles. The second kappa shape index (κ2) is 9.49. The molecular weight excluding hydrogens is 458 g/mol. The van der Waals surface area contributed by atoms with E-state index < -0.39 is 0 Å². The molecule has 0 aliphatic heterocycles. The van der Waals surface area contributed by atoms with Crippen molar-refractivity contribution in [3.63, 3.8) is 0 Å². The minimum atomic E-state index is -0.191. The molecule has 8 heteroatoms. The molecule has 0 saturated carbocycles. The van der Waals surface area contributed by atoms with Crippen molar-refractivity contribution >= 4 is 39.3 Å². The second-order valence-corrected chi connectivity index (χ2v) is 8.84. The van der Waals surface area contributed by atoms with E-state index in [2.05, 4.69) is 16.9 Å². The summed E-state index contributed by atoms with van der Waals surface area (Å²) in [6.45, 7) is 2.07. The van der Waals surface area contributed by atoms with Gasteiger partial charge in [0.25, 0.3) is 5.56 Å². The number of allylic oxidation sites excluding steroid dienone is 1. The van der Waals surface area contributed by atoms with E-state index in [0.29, 0.717) is 33.1 Å². The first kappa shape index (κ1) is 22.4. The van der Waals surface area contributed by atoms with E-state index in [0.717, 1.165) is 17.5 Å². The van der Waals surface area contributed by atoms with E-state index in [-0.39, 0.29) is 22.6 Å². The molecule has 172 valence electrons. The van der Waals surface area contributed by atoms with Crippen molar-refractivity contribution < 1.29 is 5.11 Å². The van der Waals surface area contributed by atoms with Gasteiger partial charge >= 0.3 is 0 Å². The third kappa shape index (κ3) is 4.29. The van der Waals surface area contributed by atoms with Crippen LogP contribution in [0.25, 0.3) is 33.2 Å². The Labute approximate surface area is 205 Å². The van der Waals surface area contributed by atoms with Crippen molar-refractivity contribution in [3.05, 3.63) is 100 Å². The Bertz CT molecular complexity index is 1640. The van der Waals surface area contributed by atoms with Crippen LogP contribution in [-0.4, -0.2) is 30.4 Å². The number of hydrogen-bond donors (Lipinski definition) is 2. The average molecular weight is 480 g/mol. The number of aliphatic hydroxyl groups is 1. The molecule has 0 fully saturated rings. The van der Waals surface area contributed by atoms with Gasteiger partial charge in [0.05, 0.1) is 33.4 Å². The maximum atomic E-state index is 13.4. The number of nitrogens with one attached hydrogen (secondary N) is 1. The summed E-state index contributed by atoms with van der Waals surface area (Å²) in [6, 6.07) is 24.4. The third-order valence-electron chi connectivity index (χ3n) is 5.71. The van der Waals surface area contributed by atoms with Crippen LogP contribution in [-0.2, 0) is 6.42 Å². The van der Waals surface area contributed by atoms with Gasteiger partial charge in [0.2, 0.25) is 0 Å². The number of aromatic nitrogens is 4. The van der Waals surface area contributed by atoms with Gasteiger partial charge in [-0.05, 0) is 48.4 Å². The molecule has 0 amide bonds. The lowest BCUT2D eigenvalue weighted by Crippen LogP contribution is -2.22. The highest BCUT2D eigenvalue weighted by molar-refractivity contribution is 7.99. The zero-order chi connectivity index (χ0) is 24.4. The van der Waals surface area contributed by atoms with Crippen LogP contribution in [0.1, 0.15) is 18.3 Å². The van der Waals surface area contributed by atoms with E-state index in [9.17, 15) is 15.2 Å². The van der Waals surface area contributed by atoms with Crippen molar-refractivity contribution in [1.29, 1.82) is 5.26 Å². The molecule has 0 aliphatic rings. The fourth-order valence-corrected chi connectivity index (χ4v) is 4.74. The summed E-state index contributed by atoms with van der Waals surface area (Å²) in [7, 11) is 0. The summed E-state index contributed by atoms with van der Waals surface area (Å²) < 4.78 is 1.55. The maximum Gasteiger partial charge on any atom is 0.266 e. The van der Waals surface area contributed by atoms with Crippen LogP contribution in [0.5, 0.6) is 0 Å². The molecule has 0 atom stereocenters. The number of hydrogen-bond acceptors (Lipinski definition) is 6. The monoisotopic (exact) mass is 479 g/mol. The van der Waals surface area contributed by atoms with E-state index >= 15 is 0 Å². The highest BCUT2D eigenvalue weighted by atomic mass is 32.2. The zero-order valence-electron chi connectivity index (χ0n) is 18.9. The summed E-state index contributed by atoms with van der Waals surface area (Å²) in [5.41, 5.74) is 3.76. The molecule has 2 heterocycles. The predicted octanol–water partition coefficient (Wildman–Crippen LogP) is 5.41. The van der Waals surface area contributed by atoms with Crippen molar-refractivity contribution in [2.24, 2.45) is 0 Å². The number of rotatable bonds is 6. The quantitative estimate of drug-likeness (QED) is 0.146. The molecule has 0 bridgehead atoms. The SMILES string of the molecule is CCc1ccc(-n2c(SCC(O)=C(C#N)c3nc4ccccc4[nH]3)nc3ccccc3c2=O)cc1. The average Bonchev–Trinajstić information content (AvgIpc) is 3.32. The maximum absolute atomic E-state index is 13.4. The smallest absolute Gasteiger partial charge is 0.266 e. The van der Waals surface area contributed by atoms with Crippen molar-refractivity contribution in [1.82, 2.24) is 19.5 Å². The van der Waals surface area contributed by atoms with Gasteiger partial charge < -0.3 is 10.1 Å². The van der Waals surface area contributed by atoms with Gasteiger partial charge in [-0.3, -0.25) is 9.36 Å². The highest BCUT2D eigenvalue weighted by Crippen LogP contribution is 2.26. The standard InChI is InChI=1S/C27H21N5O2S/c1-2-17-11-13-18(14-12-17)32-26(34)19-7-3-4-8-21(19)31-27(32)35-16-24(33)20(15-28)25-29-22-9-5-6-10-23(22)30-25/h3-14,33H,2,16H2,1H3,(H,29,30). The Balaban J connectivity index is 1.56. The first-order valence-corrected chi connectivity index (χ1v) is 12.1. The van der Waals surface area contributed by atoms with Crippen molar-refractivity contribution in [3.8, 4) is 11.8 Å². The van der Waals surface area contributed by atoms with Crippen LogP contribution in [0.4, 0.5) is 0 Å². The van der Waals surface area contributed by atoms with Gasteiger partial charge in [-0.15, -0.1) is 0 Å². The first-order valence-electron chi connectivity index (χ1n) is 11.1. The number of imidazole rings is 1. The Morgan fingerprint density at radius 2 is 1.74 bits per heavy atom. The van der Waals surface area contributed by atoms with Gasteiger partial charge in [-0.1, -0.05) is 55.1 Å². The number of benzene rings is 3. The fourth-order valence-electron chi connectivity index (χ4n) is 3.85. The number of nitriles is 1. The molecule has 5 rings (SSSR count). The Hall–Kier alpha value is -4.35. The Morgan fingerprint density at radius 3 is 2.46 bits per heavy atom. The number of thioether (sulfide) groups is 1. The summed E-state index contributed by atoms with van der Waals surface area (Å²) in [6.07, 6.45) is 0.893. The lowest BCUT2D eigenvalue weighted by molar-refractivity contribution is 0.420. The molecular formula is C27H21N5O2S. The fraction of sp³-hybridized carbons (Fsp3) is 0.111. The number of nitrogens with zero attached hydrogens (tertiary/aromatic N) is 4. The van der Waals surface area contributed by atoms with Crippen LogP contribution in [0.15, 0.2) is 88.5 Å². The zero-order valence-corrected chi connectivity index (χ0v) is 19.7. The molecule has 0 radical (unpaired) electrons. The molecule has 35 heavy (non-hydrogen) atoms. The Kier molecular flexibility index (Phi) is 6.08. The second-order valence-electron chi connectivity index (χ2n) is 7.90. The van der Waals surface area contributed by atoms with Crippen molar-refractivity contribution in [2.75, 3.05) is 5.75 Å². The van der Waals surface area contributed by atoms with E-state index in [1.165, 1.54) is 11.8 Å². The van der Waals surface area contributed by atoms with Gasteiger partial charge in [0.15, 0.2) is 11.0 Å². The topological polar surface area (TPSA) is 108 Å². The molecule has 0 saturated heterocycles. The lowest BCUT2D eigenvalue weighted by Gasteiger charge is -2.13. The summed E-state index contributed by atoms with van der Waals surface area (Å²) >= 11 is 1.19. The van der Waals surface area contributed by atoms with Gasteiger partial charge in [-0.25, -0.2) is 9.97 Å². The number of H-pyrrole nitrogens is 1. The minimum absolute atomic E-state index is 0.0394. The van der Waals surface area contributed by atoms with Crippen LogP contribution >= 0.6 is 11.8 Å². The Morgan fingerprint density at radius 1 is 1.03 bits per heavy atom. The number of fused-ring (bicyclic) bond motifs is 2. The molecule has 3 aromatic carbocycles. The lowest BCUT2D eigenvalue weighted by atomic mass is 10.1. The van der Waals surface area contributed by atoms with E-state index in [1.54, 1.807) is 16.7 Å². The van der Waals surface area contributed by atoms with Crippen LogP contribution in [0.3, 0.4) is 0 Å². The summed E-state index contributed by atoms with van der Waals surface area (Å²) in [5, 5.41) is 21.5. The number of aromatic amines is 1. The first-order chi connectivity index (χ1) is 17.1. The molecule has 0 unspecified atom stereocenters. The molecule has 0 spiro atoms. The van der Waals surface area contributed by atoms with Gasteiger partial charge in [0.1, 0.15) is 17.4 Å². The molecule has 2 N–H and O–H groups in total. The van der Waals surface area contributed by atoms with Gasteiger partial charge in [0, 0.05) is 0 Å². The summed E-state index contributed by atoms with van der Waals surface area (Å²) in [4.78, 5) is 25.6. The number of aliphatic hydroxyl groups excluding tert-OH is 1. The van der Waals surface area contributed by atoms with Crippen molar-refractivity contribution in [2.45, 2.75) is 18.5 Å². The number of para-hydroxylation sites is 3. The van der Waals surface area contributed by atoms with Crippen LogP contribution in [0.2, 0.25) is 0 Å². The van der Waals surface area contributed by atoms with E-state index in [1.807, 2.05) is 66.7 Å². The number of aryl methyl sites for hydroxylation is 1. The summed E-state index contributed by atoms with van der Waals surface area (Å²) in [5.74, 6) is 0.190. The van der Waals surface area contributed by atoms with Crippen LogP contribution in [0, 0.1) is 11.3 Å². The normalized spacial score (nSPS) is 12.0. The molecule has 5 aromatic rings. The predicted molar refractivity (Wildman–Crippen MR) is 139 cm³/mol. The molecule has 0 aliphatic carbocycles. The molecule has 7 nitrogen and oxygen atoms in total.